The summed E-state index contributed by atoms with van der Waals surface area (Å²) >= 11 is 0. The van der Waals surface area contributed by atoms with E-state index in [1.165, 1.54) is 38.8 Å². The zero-order valence-electron chi connectivity index (χ0n) is 12.6. The number of rotatable bonds is 3. The highest BCUT2D eigenvalue weighted by atomic mass is 16.5. The molecule has 1 aromatic carbocycles. The molecule has 108 valence electrons. The molecule has 0 radical (unpaired) electrons. The molecule has 3 atom stereocenters. The highest BCUT2D eigenvalue weighted by Crippen LogP contribution is 2.45. The monoisotopic (exact) mass is 271 g/mol. The van der Waals surface area contributed by atoms with E-state index in [-0.39, 0.29) is 0 Å². The molecular weight excluding hydrogens is 246 g/mol. The van der Waals surface area contributed by atoms with E-state index in [4.69, 9.17) is 4.74 Å². The van der Waals surface area contributed by atoms with Gasteiger partial charge in [-0.25, -0.2) is 0 Å². The molecule has 1 heterocycles. The summed E-state index contributed by atoms with van der Waals surface area (Å²) in [5, 5.41) is 0. The second-order valence-corrected chi connectivity index (χ2v) is 7.14. The standard InChI is InChI=1S/C18H25NO/c1-12-10-19(11-13-3-4-13)15-7-14-5-6-16(20-2)9-18(14)17(12)8-15/h5-6,9,12-13,15,17H,3-4,7-8,10-11H2,1-2H3/t12-,15+,17-/m0/s1. The van der Waals surface area contributed by atoms with Crippen molar-refractivity contribution in [2.75, 3.05) is 20.2 Å². The molecule has 2 aliphatic carbocycles. The molecular formula is C18H25NO. The first-order chi connectivity index (χ1) is 9.74. The summed E-state index contributed by atoms with van der Waals surface area (Å²) in [5.74, 6) is 3.55. The molecule has 0 unspecified atom stereocenters. The van der Waals surface area contributed by atoms with Crippen LogP contribution in [0.3, 0.4) is 0 Å². The zero-order chi connectivity index (χ0) is 13.7. The fourth-order valence-corrected chi connectivity index (χ4v) is 4.31. The number of piperidine rings is 1. The lowest BCUT2D eigenvalue weighted by molar-refractivity contribution is 0.0823. The van der Waals surface area contributed by atoms with Crippen molar-refractivity contribution >= 4 is 0 Å². The molecule has 2 bridgehead atoms. The minimum absolute atomic E-state index is 0.745. The number of methoxy groups -OCH3 is 1. The van der Waals surface area contributed by atoms with Crippen LogP contribution in [-0.4, -0.2) is 31.1 Å². The summed E-state index contributed by atoms with van der Waals surface area (Å²) < 4.78 is 5.42. The fourth-order valence-electron chi connectivity index (χ4n) is 4.31. The minimum atomic E-state index is 0.745. The lowest BCUT2D eigenvalue weighted by Crippen LogP contribution is -2.50. The van der Waals surface area contributed by atoms with Crippen LogP contribution >= 0.6 is 0 Å². The Morgan fingerprint density at radius 1 is 1.30 bits per heavy atom. The maximum Gasteiger partial charge on any atom is 0.119 e. The second-order valence-electron chi connectivity index (χ2n) is 7.14. The van der Waals surface area contributed by atoms with Gasteiger partial charge in [-0.1, -0.05) is 13.0 Å². The Morgan fingerprint density at radius 2 is 2.15 bits per heavy atom. The van der Waals surface area contributed by atoms with Gasteiger partial charge in [0.2, 0.25) is 0 Å². The van der Waals surface area contributed by atoms with E-state index in [2.05, 4.69) is 30.0 Å². The summed E-state index contributed by atoms with van der Waals surface area (Å²) in [5.41, 5.74) is 3.14. The van der Waals surface area contributed by atoms with Crippen molar-refractivity contribution in [1.29, 1.82) is 0 Å². The molecule has 1 saturated carbocycles. The summed E-state index contributed by atoms with van der Waals surface area (Å²) in [4.78, 5) is 2.80. The Kier molecular flexibility index (Phi) is 3.03. The Morgan fingerprint density at radius 3 is 2.90 bits per heavy atom. The first-order valence-electron chi connectivity index (χ1n) is 8.15. The molecule has 1 saturated heterocycles. The van der Waals surface area contributed by atoms with Gasteiger partial charge in [-0.05, 0) is 66.7 Å². The van der Waals surface area contributed by atoms with E-state index in [0.717, 1.165) is 29.5 Å². The number of benzene rings is 1. The van der Waals surface area contributed by atoms with Crippen molar-refractivity contribution in [3.63, 3.8) is 0 Å². The van der Waals surface area contributed by atoms with Gasteiger partial charge in [-0.2, -0.15) is 0 Å². The molecule has 0 amide bonds. The van der Waals surface area contributed by atoms with Crippen LogP contribution in [0.25, 0.3) is 0 Å². The van der Waals surface area contributed by atoms with E-state index in [9.17, 15) is 0 Å². The third-order valence-corrected chi connectivity index (χ3v) is 5.65. The van der Waals surface area contributed by atoms with Crippen LogP contribution in [0.1, 0.15) is 43.2 Å². The van der Waals surface area contributed by atoms with E-state index in [1.807, 2.05) is 0 Å². The minimum Gasteiger partial charge on any atom is -0.497 e. The first-order valence-corrected chi connectivity index (χ1v) is 8.15. The summed E-state index contributed by atoms with van der Waals surface area (Å²) in [7, 11) is 1.77. The topological polar surface area (TPSA) is 12.5 Å². The average molecular weight is 271 g/mol. The van der Waals surface area contributed by atoms with E-state index in [1.54, 1.807) is 18.2 Å². The van der Waals surface area contributed by atoms with Gasteiger partial charge >= 0.3 is 0 Å². The summed E-state index contributed by atoms with van der Waals surface area (Å²) in [6, 6.07) is 7.53. The SMILES string of the molecule is COc1ccc2c(c1)[C@H]1C[C@@H](C2)N(CC2CC2)C[C@@H]1C. The largest absolute Gasteiger partial charge is 0.497 e. The second kappa shape index (κ2) is 4.77. The van der Waals surface area contributed by atoms with E-state index < -0.39 is 0 Å². The lowest BCUT2D eigenvalue weighted by Gasteiger charge is -2.47. The Labute approximate surface area is 122 Å². The predicted molar refractivity (Wildman–Crippen MR) is 81.3 cm³/mol. The maximum absolute atomic E-state index is 5.42. The average Bonchev–Trinajstić information content (AvgIpc) is 3.27. The van der Waals surface area contributed by atoms with Gasteiger partial charge in [0.05, 0.1) is 7.11 Å². The molecule has 2 heteroatoms. The molecule has 2 fully saturated rings. The van der Waals surface area contributed by atoms with Crippen molar-refractivity contribution in [2.45, 2.75) is 44.6 Å². The molecule has 0 aromatic heterocycles. The molecule has 2 nitrogen and oxygen atoms in total. The third kappa shape index (κ3) is 2.14. The van der Waals surface area contributed by atoms with Crippen molar-refractivity contribution in [3.05, 3.63) is 29.3 Å². The quantitative estimate of drug-likeness (QED) is 0.835. The number of likely N-dealkylation sites (tertiary alicyclic amines) is 1. The number of nitrogens with zero attached hydrogens (tertiary/aromatic N) is 1. The van der Waals surface area contributed by atoms with Crippen LogP contribution in [0.4, 0.5) is 0 Å². The summed E-state index contributed by atoms with van der Waals surface area (Å²) in [6.07, 6.45) is 5.53. The lowest BCUT2D eigenvalue weighted by atomic mass is 9.70. The number of fused-ring (bicyclic) bond motifs is 4. The molecule has 0 spiro atoms. The molecule has 20 heavy (non-hydrogen) atoms. The van der Waals surface area contributed by atoms with Gasteiger partial charge in [0.25, 0.3) is 0 Å². The van der Waals surface area contributed by atoms with Crippen LogP contribution in [0.5, 0.6) is 5.75 Å². The van der Waals surface area contributed by atoms with Gasteiger partial charge in [0.15, 0.2) is 0 Å². The van der Waals surface area contributed by atoms with Crippen LogP contribution in [0.2, 0.25) is 0 Å². The predicted octanol–water partition coefficient (Wildman–Crippen LogP) is 3.46. The summed E-state index contributed by atoms with van der Waals surface area (Å²) in [6.45, 7) is 5.09. The van der Waals surface area contributed by atoms with Gasteiger partial charge in [0.1, 0.15) is 5.75 Å². The maximum atomic E-state index is 5.42. The van der Waals surface area contributed by atoms with Crippen molar-refractivity contribution in [3.8, 4) is 5.75 Å². The fraction of sp³-hybridized carbons (Fsp3) is 0.667. The normalized spacial score (nSPS) is 32.8. The van der Waals surface area contributed by atoms with Gasteiger partial charge in [0, 0.05) is 19.1 Å². The van der Waals surface area contributed by atoms with Crippen molar-refractivity contribution < 1.29 is 4.74 Å². The third-order valence-electron chi connectivity index (χ3n) is 5.65. The number of ether oxygens (including phenoxy) is 1. The Bertz CT molecular complexity index is 508. The van der Waals surface area contributed by atoms with E-state index in [0.29, 0.717) is 0 Å². The first kappa shape index (κ1) is 12.7. The number of hydrogen-bond donors (Lipinski definition) is 0. The molecule has 4 rings (SSSR count). The van der Waals surface area contributed by atoms with Gasteiger partial charge in [-0.15, -0.1) is 0 Å². The Hall–Kier alpha value is -1.02. The highest BCUT2D eigenvalue weighted by Gasteiger charge is 2.40. The molecule has 0 N–H and O–H groups in total. The smallest absolute Gasteiger partial charge is 0.119 e. The zero-order valence-corrected chi connectivity index (χ0v) is 12.6. The van der Waals surface area contributed by atoms with Crippen LogP contribution in [0, 0.1) is 11.8 Å². The van der Waals surface area contributed by atoms with Gasteiger partial charge < -0.3 is 4.74 Å². The molecule has 3 aliphatic rings. The highest BCUT2D eigenvalue weighted by molar-refractivity contribution is 5.41. The van der Waals surface area contributed by atoms with Crippen LogP contribution in [0.15, 0.2) is 18.2 Å². The van der Waals surface area contributed by atoms with Crippen LogP contribution in [-0.2, 0) is 6.42 Å². The van der Waals surface area contributed by atoms with Crippen LogP contribution < -0.4 is 4.74 Å². The molecule has 1 aromatic rings. The molecule has 1 aliphatic heterocycles. The number of hydrogen-bond acceptors (Lipinski definition) is 2. The van der Waals surface area contributed by atoms with Crippen molar-refractivity contribution in [2.24, 2.45) is 11.8 Å². The Balaban J connectivity index is 1.63. The van der Waals surface area contributed by atoms with Crippen molar-refractivity contribution in [1.82, 2.24) is 4.90 Å². The van der Waals surface area contributed by atoms with Gasteiger partial charge in [-0.3, -0.25) is 4.90 Å². The van der Waals surface area contributed by atoms with E-state index >= 15 is 0 Å².